The molecule has 7 heteroatoms. The van der Waals surface area contributed by atoms with Gasteiger partial charge in [0, 0.05) is 18.2 Å². The molecule has 4 rings (SSSR count). The van der Waals surface area contributed by atoms with Crippen molar-refractivity contribution in [3.05, 3.63) is 78.4 Å². The third kappa shape index (κ3) is 4.99. The second-order valence-electron chi connectivity index (χ2n) is 7.10. The summed E-state index contributed by atoms with van der Waals surface area (Å²) in [5.74, 6) is 1.13. The number of rotatable bonds is 7. The van der Waals surface area contributed by atoms with Crippen molar-refractivity contribution in [1.29, 1.82) is 0 Å². The number of nitrogens with zero attached hydrogens (tertiary/aromatic N) is 2. The SMILES string of the molecule is COc1ccc2c(c1)nc(-c1ccc(OC(F)(F)F)cc1)n2CCCc1ccccc1. The monoisotopic (exact) mass is 426 g/mol. The second-order valence-corrected chi connectivity index (χ2v) is 7.10. The van der Waals surface area contributed by atoms with Crippen LogP contribution in [0.25, 0.3) is 22.4 Å². The van der Waals surface area contributed by atoms with Crippen molar-refractivity contribution >= 4 is 11.0 Å². The van der Waals surface area contributed by atoms with Crippen LogP contribution >= 0.6 is 0 Å². The van der Waals surface area contributed by atoms with Crippen molar-refractivity contribution in [2.24, 2.45) is 0 Å². The van der Waals surface area contributed by atoms with Gasteiger partial charge in [0.15, 0.2) is 0 Å². The third-order valence-corrected chi connectivity index (χ3v) is 4.99. The van der Waals surface area contributed by atoms with Gasteiger partial charge in [0.1, 0.15) is 17.3 Å². The van der Waals surface area contributed by atoms with E-state index in [0.717, 1.165) is 23.9 Å². The van der Waals surface area contributed by atoms with Crippen LogP contribution in [0.15, 0.2) is 72.8 Å². The number of halogens is 3. The average Bonchev–Trinajstić information content (AvgIpc) is 3.11. The smallest absolute Gasteiger partial charge is 0.497 e. The lowest BCUT2D eigenvalue weighted by atomic mass is 10.1. The number of ether oxygens (including phenoxy) is 2. The standard InChI is InChI=1S/C24H21F3N2O2/c1-30-20-13-14-22-21(16-20)28-23(18-9-11-19(12-10-18)31-24(25,26)27)29(22)15-5-8-17-6-3-2-4-7-17/h2-4,6-7,9-14,16H,5,8,15H2,1H3. The zero-order valence-electron chi connectivity index (χ0n) is 16.9. The number of benzene rings is 3. The molecule has 0 fully saturated rings. The topological polar surface area (TPSA) is 36.3 Å². The molecule has 0 aliphatic rings. The van der Waals surface area contributed by atoms with Gasteiger partial charge in [-0.3, -0.25) is 0 Å². The first-order valence-electron chi connectivity index (χ1n) is 9.87. The Labute approximate surface area is 177 Å². The largest absolute Gasteiger partial charge is 0.573 e. The molecule has 0 N–H and O–H groups in total. The minimum atomic E-state index is -4.72. The number of methoxy groups -OCH3 is 1. The van der Waals surface area contributed by atoms with Gasteiger partial charge >= 0.3 is 6.36 Å². The summed E-state index contributed by atoms with van der Waals surface area (Å²) in [5, 5.41) is 0. The Bertz CT molecular complexity index is 1150. The minimum Gasteiger partial charge on any atom is -0.497 e. The molecule has 1 aromatic heterocycles. The van der Waals surface area contributed by atoms with Crippen LogP contribution in [0.4, 0.5) is 13.2 Å². The van der Waals surface area contributed by atoms with E-state index >= 15 is 0 Å². The van der Waals surface area contributed by atoms with Crippen molar-refractivity contribution in [3.63, 3.8) is 0 Å². The van der Waals surface area contributed by atoms with Crippen molar-refractivity contribution in [1.82, 2.24) is 9.55 Å². The maximum atomic E-state index is 12.5. The van der Waals surface area contributed by atoms with Gasteiger partial charge in [-0.15, -0.1) is 13.2 Å². The molecule has 0 atom stereocenters. The highest BCUT2D eigenvalue weighted by Gasteiger charge is 2.31. The molecule has 4 aromatic rings. The van der Waals surface area contributed by atoms with Gasteiger partial charge < -0.3 is 14.0 Å². The minimum absolute atomic E-state index is 0.260. The Morgan fingerprint density at radius 2 is 1.61 bits per heavy atom. The van der Waals surface area contributed by atoms with E-state index in [4.69, 9.17) is 9.72 Å². The van der Waals surface area contributed by atoms with Crippen molar-refractivity contribution < 1.29 is 22.6 Å². The van der Waals surface area contributed by atoms with Crippen LogP contribution in [-0.4, -0.2) is 23.0 Å². The van der Waals surface area contributed by atoms with Crippen LogP contribution in [-0.2, 0) is 13.0 Å². The first-order valence-corrected chi connectivity index (χ1v) is 9.87. The first-order chi connectivity index (χ1) is 14.9. The number of hydrogen-bond acceptors (Lipinski definition) is 3. The molecule has 0 bridgehead atoms. The summed E-state index contributed by atoms with van der Waals surface area (Å²) in [6.45, 7) is 0.716. The van der Waals surface area contributed by atoms with Crippen LogP contribution < -0.4 is 9.47 Å². The molecule has 31 heavy (non-hydrogen) atoms. The van der Waals surface area contributed by atoms with E-state index in [0.29, 0.717) is 23.7 Å². The molecule has 1 heterocycles. The Morgan fingerprint density at radius 1 is 0.903 bits per heavy atom. The fourth-order valence-corrected chi connectivity index (χ4v) is 3.57. The molecule has 4 nitrogen and oxygen atoms in total. The normalized spacial score (nSPS) is 11.6. The molecular formula is C24H21F3N2O2. The van der Waals surface area contributed by atoms with Crippen molar-refractivity contribution in [3.8, 4) is 22.9 Å². The molecule has 0 radical (unpaired) electrons. The summed E-state index contributed by atoms with van der Waals surface area (Å²) >= 11 is 0. The predicted molar refractivity (Wildman–Crippen MR) is 113 cm³/mol. The zero-order chi connectivity index (χ0) is 21.8. The van der Waals surface area contributed by atoms with Crippen LogP contribution in [0.2, 0.25) is 0 Å². The van der Waals surface area contributed by atoms with E-state index in [9.17, 15) is 13.2 Å². The van der Waals surface area contributed by atoms with E-state index in [1.54, 1.807) is 19.2 Å². The van der Waals surface area contributed by atoms with Gasteiger partial charge in [0.05, 0.1) is 18.1 Å². The lowest BCUT2D eigenvalue weighted by molar-refractivity contribution is -0.274. The van der Waals surface area contributed by atoms with Crippen LogP contribution in [0.5, 0.6) is 11.5 Å². The molecule has 160 valence electrons. The third-order valence-electron chi connectivity index (χ3n) is 4.99. The van der Waals surface area contributed by atoms with E-state index in [1.165, 1.54) is 17.7 Å². The molecule has 0 spiro atoms. The quantitative estimate of drug-likeness (QED) is 0.351. The Morgan fingerprint density at radius 3 is 2.29 bits per heavy atom. The lowest BCUT2D eigenvalue weighted by Crippen LogP contribution is -2.16. The average molecular weight is 426 g/mol. The fraction of sp³-hybridized carbons (Fsp3) is 0.208. The number of aromatic nitrogens is 2. The zero-order valence-corrected chi connectivity index (χ0v) is 16.9. The Kier molecular flexibility index (Phi) is 5.84. The Balaban J connectivity index is 1.65. The molecule has 0 aliphatic carbocycles. The van der Waals surface area contributed by atoms with Gasteiger partial charge in [-0.25, -0.2) is 4.98 Å². The lowest BCUT2D eigenvalue weighted by Gasteiger charge is -2.11. The van der Waals surface area contributed by atoms with E-state index in [2.05, 4.69) is 21.4 Å². The van der Waals surface area contributed by atoms with Gasteiger partial charge in [-0.05, 0) is 54.8 Å². The molecule has 0 aliphatic heterocycles. The summed E-state index contributed by atoms with van der Waals surface area (Å²) in [6.07, 6.45) is -2.92. The van der Waals surface area contributed by atoms with Gasteiger partial charge in [-0.1, -0.05) is 30.3 Å². The molecular weight excluding hydrogens is 405 g/mol. The van der Waals surface area contributed by atoms with E-state index in [-0.39, 0.29) is 5.75 Å². The molecule has 0 amide bonds. The van der Waals surface area contributed by atoms with E-state index < -0.39 is 6.36 Å². The summed E-state index contributed by atoms with van der Waals surface area (Å²) in [7, 11) is 1.60. The van der Waals surface area contributed by atoms with Gasteiger partial charge in [0.25, 0.3) is 0 Å². The van der Waals surface area contributed by atoms with Crippen molar-refractivity contribution in [2.45, 2.75) is 25.7 Å². The molecule has 0 saturated heterocycles. The maximum absolute atomic E-state index is 12.5. The highest BCUT2D eigenvalue weighted by atomic mass is 19.4. The number of aryl methyl sites for hydroxylation is 2. The highest BCUT2D eigenvalue weighted by Crippen LogP contribution is 2.30. The summed E-state index contributed by atoms with van der Waals surface area (Å²) in [5.41, 5.74) is 3.68. The van der Waals surface area contributed by atoms with Crippen molar-refractivity contribution in [2.75, 3.05) is 7.11 Å². The second kappa shape index (κ2) is 8.71. The molecule has 3 aromatic carbocycles. The molecule has 0 saturated carbocycles. The number of alkyl halides is 3. The first kappa shape index (κ1) is 20.8. The number of hydrogen-bond donors (Lipinski definition) is 0. The van der Waals surface area contributed by atoms with Gasteiger partial charge in [-0.2, -0.15) is 0 Å². The summed E-state index contributed by atoms with van der Waals surface area (Å²) in [4.78, 5) is 4.74. The fourth-order valence-electron chi connectivity index (χ4n) is 3.57. The highest BCUT2D eigenvalue weighted by molar-refractivity contribution is 5.82. The molecule has 0 unspecified atom stereocenters. The van der Waals surface area contributed by atoms with E-state index in [1.807, 2.05) is 36.4 Å². The van der Waals surface area contributed by atoms with Gasteiger partial charge in [0.2, 0.25) is 0 Å². The maximum Gasteiger partial charge on any atom is 0.573 e. The van der Waals surface area contributed by atoms with Crippen LogP contribution in [0, 0.1) is 0 Å². The van der Waals surface area contributed by atoms with Crippen LogP contribution in [0.3, 0.4) is 0 Å². The van der Waals surface area contributed by atoms with Crippen LogP contribution in [0.1, 0.15) is 12.0 Å². The summed E-state index contributed by atoms with van der Waals surface area (Å²) in [6, 6.07) is 21.7. The number of fused-ring (bicyclic) bond motifs is 1. The summed E-state index contributed by atoms with van der Waals surface area (Å²) < 4.78 is 48.8. The predicted octanol–water partition coefficient (Wildman–Crippen LogP) is 6.24. The Hall–Kier alpha value is -3.48. The number of imidazole rings is 1.